The van der Waals surface area contributed by atoms with E-state index in [9.17, 15) is 13.2 Å². The van der Waals surface area contributed by atoms with Gasteiger partial charge in [-0.1, -0.05) is 0 Å². The number of carbonyl (C=O) groups is 1. The first-order valence-corrected chi connectivity index (χ1v) is 7.10. The highest BCUT2D eigenvalue weighted by atomic mass is 32.2. The number of carboxylic acid groups (broad SMARTS) is 1. The minimum atomic E-state index is -3.54. The highest BCUT2D eigenvalue weighted by Crippen LogP contribution is 2.22. The van der Waals surface area contributed by atoms with Crippen molar-refractivity contribution in [3.63, 3.8) is 0 Å². The zero-order valence-corrected chi connectivity index (χ0v) is 10.9. The Bertz CT molecular complexity index is 551. The molecule has 0 saturated heterocycles. The van der Waals surface area contributed by atoms with Crippen molar-refractivity contribution in [2.45, 2.75) is 17.9 Å². The van der Waals surface area contributed by atoms with Crippen molar-refractivity contribution < 1.29 is 23.4 Å². The molecule has 0 aliphatic heterocycles. The molecule has 0 heterocycles. The second-order valence-electron chi connectivity index (χ2n) is 4.02. The molecule has 0 fully saturated rings. The molecule has 18 heavy (non-hydrogen) atoms. The van der Waals surface area contributed by atoms with Crippen LogP contribution in [-0.4, -0.2) is 43.5 Å². The summed E-state index contributed by atoms with van der Waals surface area (Å²) in [5.41, 5.74) is 0.182. The molecule has 100 valence electrons. The van der Waals surface area contributed by atoms with Gasteiger partial charge in [-0.2, -0.15) is 0 Å². The molecule has 0 aromatic heterocycles. The Labute approximate surface area is 105 Å². The smallest absolute Gasteiger partial charge is 0.335 e. The lowest BCUT2D eigenvalue weighted by Gasteiger charge is -2.12. The molecule has 6 nitrogen and oxygen atoms in total. The van der Waals surface area contributed by atoms with Crippen LogP contribution in [0.3, 0.4) is 0 Å². The molecule has 0 amide bonds. The van der Waals surface area contributed by atoms with E-state index in [4.69, 9.17) is 10.2 Å². The fourth-order valence-electron chi connectivity index (χ4n) is 1.37. The van der Waals surface area contributed by atoms with E-state index in [1.165, 1.54) is 12.1 Å². The van der Waals surface area contributed by atoms with Crippen LogP contribution in [-0.2, 0) is 9.84 Å². The van der Waals surface area contributed by atoms with Crippen LogP contribution in [0.25, 0.3) is 0 Å². The van der Waals surface area contributed by atoms with Crippen molar-refractivity contribution in [3.05, 3.63) is 23.8 Å². The number of aliphatic hydroxyl groups is 1. The number of carboxylic acids is 1. The molecule has 1 rings (SSSR count). The van der Waals surface area contributed by atoms with Crippen molar-refractivity contribution in [2.75, 3.05) is 18.1 Å². The quantitative estimate of drug-likeness (QED) is 0.725. The van der Waals surface area contributed by atoms with Gasteiger partial charge >= 0.3 is 5.97 Å². The molecule has 1 atom stereocenters. The van der Waals surface area contributed by atoms with Gasteiger partial charge in [0.05, 0.1) is 22.3 Å². The third kappa shape index (κ3) is 3.71. The summed E-state index contributed by atoms with van der Waals surface area (Å²) in [6.45, 7) is 1.73. The van der Waals surface area contributed by atoms with E-state index in [2.05, 4.69) is 5.32 Å². The summed E-state index contributed by atoms with van der Waals surface area (Å²) in [6, 6.07) is 3.78. The monoisotopic (exact) mass is 273 g/mol. The number of hydrogen-bond donors (Lipinski definition) is 3. The van der Waals surface area contributed by atoms with Crippen LogP contribution in [0.4, 0.5) is 5.69 Å². The first-order valence-electron chi connectivity index (χ1n) is 5.21. The summed E-state index contributed by atoms with van der Waals surface area (Å²) in [4.78, 5) is 10.7. The average Bonchev–Trinajstić information content (AvgIpc) is 2.24. The second-order valence-corrected chi connectivity index (χ2v) is 6.00. The van der Waals surface area contributed by atoms with E-state index in [0.29, 0.717) is 0 Å². The van der Waals surface area contributed by atoms with Crippen LogP contribution >= 0.6 is 0 Å². The Kier molecular flexibility index (Phi) is 4.31. The third-order valence-corrected chi connectivity index (χ3v) is 3.35. The van der Waals surface area contributed by atoms with Crippen LogP contribution in [0.2, 0.25) is 0 Å². The van der Waals surface area contributed by atoms with Crippen molar-refractivity contribution in [1.82, 2.24) is 0 Å². The molecule has 0 spiro atoms. The molecule has 0 radical (unpaired) electrons. The topological polar surface area (TPSA) is 104 Å². The lowest BCUT2D eigenvalue weighted by molar-refractivity contribution is 0.0696. The van der Waals surface area contributed by atoms with Gasteiger partial charge in [0.1, 0.15) is 0 Å². The van der Waals surface area contributed by atoms with E-state index in [1.807, 2.05) is 0 Å². The van der Waals surface area contributed by atoms with E-state index in [0.717, 1.165) is 12.3 Å². The van der Waals surface area contributed by atoms with Crippen molar-refractivity contribution in [1.29, 1.82) is 0 Å². The number of aromatic carboxylic acids is 1. The number of nitrogens with one attached hydrogen (secondary N) is 1. The van der Waals surface area contributed by atoms with E-state index in [-0.39, 0.29) is 22.7 Å². The Morgan fingerprint density at radius 1 is 1.44 bits per heavy atom. The highest BCUT2D eigenvalue weighted by molar-refractivity contribution is 7.90. The van der Waals surface area contributed by atoms with Crippen LogP contribution < -0.4 is 5.32 Å². The zero-order valence-electron chi connectivity index (χ0n) is 10.0. The highest BCUT2D eigenvalue weighted by Gasteiger charge is 2.16. The van der Waals surface area contributed by atoms with E-state index < -0.39 is 21.9 Å². The average molecular weight is 273 g/mol. The molecule has 0 saturated carbocycles. The zero-order chi connectivity index (χ0) is 13.9. The molecular weight excluding hydrogens is 258 g/mol. The van der Waals surface area contributed by atoms with E-state index in [1.54, 1.807) is 6.92 Å². The normalized spacial score (nSPS) is 13.1. The first kappa shape index (κ1) is 14.5. The van der Waals surface area contributed by atoms with Gasteiger partial charge in [-0.25, -0.2) is 13.2 Å². The molecule has 1 aromatic rings. The Balaban J connectivity index is 3.22. The standard InChI is InChI=1S/C11H15NO5S/c1-7(13)6-12-9-4-3-8(11(14)15)5-10(9)18(2,16)17/h3-5,7,12-13H,6H2,1-2H3,(H,14,15). The van der Waals surface area contributed by atoms with Crippen LogP contribution in [0.15, 0.2) is 23.1 Å². The first-order chi connectivity index (χ1) is 8.21. The summed E-state index contributed by atoms with van der Waals surface area (Å²) < 4.78 is 23.2. The van der Waals surface area contributed by atoms with Gasteiger partial charge in [0, 0.05) is 12.8 Å². The summed E-state index contributed by atoms with van der Waals surface area (Å²) in [7, 11) is -3.54. The maximum atomic E-state index is 11.6. The van der Waals surface area contributed by atoms with Crippen molar-refractivity contribution in [2.24, 2.45) is 0 Å². The van der Waals surface area contributed by atoms with Gasteiger partial charge in [0.25, 0.3) is 0 Å². The number of rotatable bonds is 5. The molecule has 3 N–H and O–H groups in total. The van der Waals surface area contributed by atoms with Crippen LogP contribution in [0.5, 0.6) is 0 Å². The molecule has 0 bridgehead atoms. The minimum Gasteiger partial charge on any atom is -0.478 e. The lowest BCUT2D eigenvalue weighted by Crippen LogP contribution is -2.17. The fraction of sp³-hybridized carbons (Fsp3) is 0.364. The van der Waals surface area contributed by atoms with Gasteiger partial charge < -0.3 is 15.5 Å². The Hall–Kier alpha value is -1.60. The summed E-state index contributed by atoms with van der Waals surface area (Å²) in [5, 5.41) is 20.7. The number of sulfone groups is 1. The van der Waals surface area contributed by atoms with Gasteiger partial charge in [0.2, 0.25) is 0 Å². The Morgan fingerprint density at radius 2 is 2.06 bits per heavy atom. The number of benzene rings is 1. The lowest BCUT2D eigenvalue weighted by atomic mass is 10.2. The second kappa shape index (κ2) is 5.36. The molecule has 1 aromatic carbocycles. The van der Waals surface area contributed by atoms with Crippen molar-refractivity contribution in [3.8, 4) is 0 Å². The summed E-state index contributed by atoms with van der Waals surface area (Å²) in [5.74, 6) is -1.19. The summed E-state index contributed by atoms with van der Waals surface area (Å²) >= 11 is 0. The molecule has 0 aliphatic carbocycles. The SMILES string of the molecule is CC(O)CNc1ccc(C(=O)O)cc1S(C)(=O)=O. The maximum absolute atomic E-state index is 11.6. The minimum absolute atomic E-state index is 0.0944. The van der Waals surface area contributed by atoms with Crippen LogP contribution in [0, 0.1) is 0 Å². The number of hydrogen-bond acceptors (Lipinski definition) is 5. The predicted octanol–water partition coefficient (Wildman–Crippen LogP) is 0.581. The van der Waals surface area contributed by atoms with E-state index >= 15 is 0 Å². The Morgan fingerprint density at radius 3 is 2.50 bits per heavy atom. The van der Waals surface area contributed by atoms with Gasteiger partial charge in [-0.3, -0.25) is 0 Å². The number of aliphatic hydroxyl groups excluding tert-OH is 1. The molecule has 1 unspecified atom stereocenters. The van der Waals surface area contributed by atoms with Crippen molar-refractivity contribution >= 4 is 21.5 Å². The molecule has 7 heteroatoms. The fourth-order valence-corrected chi connectivity index (χ4v) is 2.25. The molecule has 0 aliphatic rings. The van der Waals surface area contributed by atoms with Gasteiger partial charge in [0.15, 0.2) is 9.84 Å². The number of anilines is 1. The van der Waals surface area contributed by atoms with Gasteiger partial charge in [-0.15, -0.1) is 0 Å². The maximum Gasteiger partial charge on any atom is 0.335 e. The predicted molar refractivity (Wildman–Crippen MR) is 66.7 cm³/mol. The third-order valence-electron chi connectivity index (χ3n) is 2.22. The largest absolute Gasteiger partial charge is 0.478 e. The van der Waals surface area contributed by atoms with Gasteiger partial charge in [-0.05, 0) is 25.1 Å². The molecular formula is C11H15NO5S. The van der Waals surface area contributed by atoms with Crippen LogP contribution in [0.1, 0.15) is 17.3 Å². The summed E-state index contributed by atoms with van der Waals surface area (Å²) in [6.07, 6.45) is 0.359.